The highest BCUT2D eigenvalue weighted by Gasteiger charge is 2.33. The summed E-state index contributed by atoms with van der Waals surface area (Å²) in [6.07, 6.45) is 3.23. The van der Waals surface area contributed by atoms with Crippen LogP contribution in [0, 0.1) is 0 Å². The molecule has 1 atom stereocenters. The molecular formula is C12H15N3OS. The van der Waals surface area contributed by atoms with Gasteiger partial charge in [-0.15, -0.1) is 11.3 Å². The molecule has 1 saturated heterocycles. The molecule has 2 aromatic heterocycles. The van der Waals surface area contributed by atoms with E-state index in [1.165, 1.54) is 0 Å². The maximum atomic E-state index is 5.97. The molecule has 0 aliphatic carbocycles. The van der Waals surface area contributed by atoms with E-state index in [1.54, 1.807) is 11.3 Å². The Morgan fingerprint density at radius 1 is 1.41 bits per heavy atom. The number of hydrogen-bond donors (Lipinski definition) is 1. The Hall–Kier alpha value is -1.20. The predicted molar refractivity (Wildman–Crippen MR) is 69.0 cm³/mol. The number of nitrogens with two attached hydrogens (primary N) is 1. The van der Waals surface area contributed by atoms with Gasteiger partial charge in [0.1, 0.15) is 16.2 Å². The lowest BCUT2D eigenvalue weighted by molar-refractivity contribution is -0.0757. The molecule has 0 radical (unpaired) electrons. The summed E-state index contributed by atoms with van der Waals surface area (Å²) in [5.74, 6) is 1.28. The quantitative estimate of drug-likeness (QED) is 0.844. The first kappa shape index (κ1) is 10.9. The number of nitrogens with zero attached hydrogens (tertiary/aromatic N) is 2. The minimum absolute atomic E-state index is 0.370. The van der Waals surface area contributed by atoms with Crippen molar-refractivity contribution in [1.82, 2.24) is 9.97 Å². The first-order chi connectivity index (χ1) is 8.19. The van der Waals surface area contributed by atoms with Crippen LogP contribution < -0.4 is 5.73 Å². The Balaban J connectivity index is 2.10. The molecule has 3 heterocycles. The molecule has 0 aromatic carbocycles. The van der Waals surface area contributed by atoms with Crippen molar-refractivity contribution in [3.63, 3.8) is 0 Å². The van der Waals surface area contributed by atoms with Crippen LogP contribution in [0.25, 0.3) is 10.2 Å². The minimum Gasteiger partial charge on any atom is -0.383 e. The highest BCUT2D eigenvalue weighted by Crippen LogP contribution is 2.34. The van der Waals surface area contributed by atoms with Gasteiger partial charge in [-0.1, -0.05) is 0 Å². The van der Waals surface area contributed by atoms with E-state index in [-0.39, 0.29) is 5.60 Å². The second-order valence-corrected chi connectivity index (χ2v) is 5.50. The number of thiophene rings is 1. The van der Waals surface area contributed by atoms with E-state index in [0.29, 0.717) is 5.82 Å². The third-order valence-electron chi connectivity index (χ3n) is 3.30. The molecule has 0 saturated carbocycles. The zero-order valence-electron chi connectivity index (χ0n) is 9.77. The third-order valence-corrected chi connectivity index (χ3v) is 4.10. The second kappa shape index (κ2) is 3.92. The molecule has 17 heavy (non-hydrogen) atoms. The summed E-state index contributed by atoms with van der Waals surface area (Å²) in [5, 5.41) is 2.93. The number of anilines is 1. The van der Waals surface area contributed by atoms with Gasteiger partial charge >= 0.3 is 0 Å². The number of hydrogen-bond acceptors (Lipinski definition) is 5. The van der Waals surface area contributed by atoms with Crippen LogP contribution in [-0.4, -0.2) is 16.6 Å². The first-order valence-electron chi connectivity index (χ1n) is 5.84. The Morgan fingerprint density at radius 2 is 2.29 bits per heavy atom. The van der Waals surface area contributed by atoms with Gasteiger partial charge in [0.2, 0.25) is 0 Å². The van der Waals surface area contributed by atoms with Crippen LogP contribution in [0.1, 0.15) is 32.0 Å². The van der Waals surface area contributed by atoms with Crippen molar-refractivity contribution in [2.24, 2.45) is 0 Å². The number of fused-ring (bicyclic) bond motifs is 1. The topological polar surface area (TPSA) is 61.0 Å². The molecule has 0 bridgehead atoms. The number of aromatic nitrogens is 2. The van der Waals surface area contributed by atoms with Gasteiger partial charge in [-0.3, -0.25) is 0 Å². The average molecular weight is 249 g/mol. The van der Waals surface area contributed by atoms with Crippen molar-refractivity contribution in [2.75, 3.05) is 12.3 Å². The third kappa shape index (κ3) is 1.79. The lowest BCUT2D eigenvalue weighted by atomic mass is 9.95. The SMILES string of the molecule is CC1(c2nc(N)c3ccsc3n2)CCCCO1. The van der Waals surface area contributed by atoms with Crippen LogP contribution in [0.2, 0.25) is 0 Å². The standard InChI is InChI=1S/C12H15N3OS/c1-12(5-2-3-6-16-12)11-14-9(13)8-4-7-17-10(8)15-11/h4,7H,2-3,5-6H2,1H3,(H2,13,14,15). The molecule has 1 unspecified atom stereocenters. The van der Waals surface area contributed by atoms with E-state index in [9.17, 15) is 0 Å². The Labute approximate surface area is 104 Å². The number of ether oxygens (including phenoxy) is 1. The van der Waals surface area contributed by atoms with Gasteiger partial charge < -0.3 is 10.5 Å². The van der Waals surface area contributed by atoms with Crippen molar-refractivity contribution < 1.29 is 4.74 Å². The first-order valence-corrected chi connectivity index (χ1v) is 6.72. The van der Waals surface area contributed by atoms with Crippen molar-refractivity contribution >= 4 is 27.4 Å². The fourth-order valence-electron chi connectivity index (χ4n) is 2.23. The van der Waals surface area contributed by atoms with Crippen LogP contribution in [0.4, 0.5) is 5.82 Å². The van der Waals surface area contributed by atoms with Crippen LogP contribution in [0.5, 0.6) is 0 Å². The monoisotopic (exact) mass is 249 g/mol. The van der Waals surface area contributed by atoms with Crippen molar-refractivity contribution in [2.45, 2.75) is 31.8 Å². The number of rotatable bonds is 1. The second-order valence-electron chi connectivity index (χ2n) is 4.61. The van der Waals surface area contributed by atoms with E-state index in [0.717, 1.165) is 41.9 Å². The van der Waals surface area contributed by atoms with E-state index >= 15 is 0 Å². The molecule has 5 heteroatoms. The summed E-state index contributed by atoms with van der Waals surface area (Å²) in [6, 6.07) is 1.96. The van der Waals surface area contributed by atoms with Crippen LogP contribution in [-0.2, 0) is 10.3 Å². The molecule has 2 N–H and O–H groups in total. The summed E-state index contributed by atoms with van der Waals surface area (Å²) in [7, 11) is 0. The summed E-state index contributed by atoms with van der Waals surface area (Å²) in [4.78, 5) is 9.96. The van der Waals surface area contributed by atoms with Crippen molar-refractivity contribution in [3.8, 4) is 0 Å². The molecule has 2 aromatic rings. The fourth-order valence-corrected chi connectivity index (χ4v) is 3.00. The molecule has 1 aliphatic rings. The molecule has 3 rings (SSSR count). The predicted octanol–water partition coefficient (Wildman–Crippen LogP) is 2.69. The zero-order valence-corrected chi connectivity index (χ0v) is 10.6. The smallest absolute Gasteiger partial charge is 0.163 e. The summed E-state index contributed by atoms with van der Waals surface area (Å²) >= 11 is 1.59. The largest absolute Gasteiger partial charge is 0.383 e. The van der Waals surface area contributed by atoms with Gasteiger partial charge in [0, 0.05) is 6.61 Å². The zero-order chi connectivity index (χ0) is 11.9. The highest BCUT2D eigenvalue weighted by molar-refractivity contribution is 7.16. The van der Waals surface area contributed by atoms with E-state index in [4.69, 9.17) is 10.5 Å². The molecule has 1 fully saturated rings. The normalized spacial score (nSPS) is 25.2. The summed E-state index contributed by atoms with van der Waals surface area (Å²) in [5.41, 5.74) is 5.60. The summed E-state index contributed by atoms with van der Waals surface area (Å²) < 4.78 is 5.86. The fraction of sp³-hybridized carbons (Fsp3) is 0.500. The van der Waals surface area contributed by atoms with Gasteiger partial charge in [0.15, 0.2) is 5.82 Å². The Bertz CT molecular complexity index is 546. The van der Waals surface area contributed by atoms with Crippen molar-refractivity contribution in [1.29, 1.82) is 0 Å². The van der Waals surface area contributed by atoms with Crippen molar-refractivity contribution in [3.05, 3.63) is 17.3 Å². The van der Waals surface area contributed by atoms with E-state index < -0.39 is 0 Å². The lowest BCUT2D eigenvalue weighted by Gasteiger charge is -2.32. The van der Waals surface area contributed by atoms with Crippen LogP contribution in [0.15, 0.2) is 11.4 Å². The molecule has 4 nitrogen and oxygen atoms in total. The molecule has 1 aliphatic heterocycles. The minimum atomic E-state index is -0.370. The Kier molecular flexibility index (Phi) is 2.52. The Morgan fingerprint density at radius 3 is 3.06 bits per heavy atom. The van der Waals surface area contributed by atoms with E-state index in [1.807, 2.05) is 11.4 Å². The average Bonchev–Trinajstić information content (AvgIpc) is 2.78. The highest BCUT2D eigenvalue weighted by atomic mass is 32.1. The van der Waals surface area contributed by atoms with Gasteiger partial charge in [0.05, 0.1) is 5.39 Å². The maximum absolute atomic E-state index is 5.97. The van der Waals surface area contributed by atoms with Gasteiger partial charge in [-0.25, -0.2) is 9.97 Å². The van der Waals surface area contributed by atoms with Gasteiger partial charge in [-0.2, -0.15) is 0 Å². The molecule has 0 amide bonds. The van der Waals surface area contributed by atoms with Crippen LogP contribution >= 0.6 is 11.3 Å². The lowest BCUT2D eigenvalue weighted by Crippen LogP contribution is -2.32. The molecule has 0 spiro atoms. The van der Waals surface area contributed by atoms with E-state index in [2.05, 4.69) is 16.9 Å². The van der Waals surface area contributed by atoms with Crippen LogP contribution in [0.3, 0.4) is 0 Å². The number of nitrogen functional groups attached to an aromatic ring is 1. The maximum Gasteiger partial charge on any atom is 0.163 e. The van der Waals surface area contributed by atoms with Gasteiger partial charge in [0.25, 0.3) is 0 Å². The molecule has 90 valence electrons. The summed E-state index contributed by atoms with van der Waals surface area (Å²) in [6.45, 7) is 2.84. The molecular weight excluding hydrogens is 234 g/mol. The van der Waals surface area contributed by atoms with Gasteiger partial charge in [-0.05, 0) is 37.6 Å².